The first-order valence-electron chi connectivity index (χ1n) is 3.11. The van der Waals surface area contributed by atoms with E-state index < -0.39 is 7.60 Å². The lowest BCUT2D eigenvalue weighted by atomic mass is 10.3. The van der Waals surface area contributed by atoms with Crippen LogP contribution in [0.1, 0.15) is 5.56 Å². The minimum Gasteiger partial charge on any atom is -0.324 e. The zero-order chi connectivity index (χ0) is 9.19. The maximum absolute atomic E-state index is 10.5. The van der Waals surface area contributed by atoms with Gasteiger partial charge in [0.15, 0.2) is 0 Å². The summed E-state index contributed by atoms with van der Waals surface area (Å²) in [6.45, 7) is 0. The van der Waals surface area contributed by atoms with Crippen LogP contribution in [0.3, 0.4) is 0 Å². The topological polar surface area (TPSA) is 70.4 Å². The van der Waals surface area contributed by atoms with Crippen LogP contribution >= 0.6 is 19.2 Å². The summed E-state index contributed by atoms with van der Waals surface area (Å²) in [5.41, 5.74) is 0.441. The van der Waals surface area contributed by atoms with Crippen molar-refractivity contribution in [3.05, 3.63) is 29.0 Å². The number of halogens is 1. The molecule has 1 aromatic rings. The summed E-state index contributed by atoms with van der Waals surface area (Å²) in [6.07, 6.45) is 2.47. The van der Waals surface area contributed by atoms with Crippen molar-refractivity contribution in [1.82, 2.24) is 4.98 Å². The fourth-order valence-corrected chi connectivity index (χ4v) is 1.63. The molecule has 0 amide bonds. The molecule has 0 atom stereocenters. The monoisotopic (exact) mass is 207 g/mol. The number of hydrogen-bond acceptors (Lipinski definition) is 2. The molecule has 1 heterocycles. The highest BCUT2D eigenvalue weighted by molar-refractivity contribution is 7.50. The van der Waals surface area contributed by atoms with E-state index in [0.29, 0.717) is 10.6 Å². The molecule has 0 aliphatic carbocycles. The third-order valence-corrected chi connectivity index (χ3v) is 2.13. The Kier molecular flexibility index (Phi) is 2.85. The van der Waals surface area contributed by atoms with Gasteiger partial charge in [0.2, 0.25) is 0 Å². The molecule has 1 rings (SSSR count). The Morgan fingerprint density at radius 3 is 2.67 bits per heavy atom. The summed E-state index contributed by atoms with van der Waals surface area (Å²) in [5, 5.41) is 0.376. The zero-order valence-corrected chi connectivity index (χ0v) is 7.66. The summed E-state index contributed by atoms with van der Waals surface area (Å²) in [5.74, 6) is 0. The third-order valence-electron chi connectivity index (χ3n) is 1.15. The molecule has 0 spiro atoms. The fourth-order valence-electron chi connectivity index (χ4n) is 0.780. The molecule has 0 unspecified atom stereocenters. The molecule has 0 aliphatic heterocycles. The number of rotatable bonds is 2. The molecule has 66 valence electrons. The van der Waals surface area contributed by atoms with E-state index in [4.69, 9.17) is 21.4 Å². The molecule has 0 saturated heterocycles. The Bertz CT molecular complexity index is 324. The Balaban J connectivity index is 2.84. The highest BCUT2D eigenvalue weighted by Gasteiger charge is 2.13. The van der Waals surface area contributed by atoms with Gasteiger partial charge in [0.05, 0.1) is 11.2 Å². The molecule has 0 aliphatic rings. The van der Waals surface area contributed by atoms with E-state index in [0.717, 1.165) is 0 Å². The van der Waals surface area contributed by atoms with Crippen LogP contribution in [0.2, 0.25) is 5.02 Å². The SMILES string of the molecule is O=P(O)(O)Cc1cncc(Cl)c1. The van der Waals surface area contributed by atoms with Crippen molar-refractivity contribution in [3.63, 3.8) is 0 Å². The van der Waals surface area contributed by atoms with E-state index in [1.165, 1.54) is 18.5 Å². The minimum atomic E-state index is -4.01. The Labute approximate surface area is 74.4 Å². The number of pyridine rings is 1. The first-order valence-corrected chi connectivity index (χ1v) is 5.29. The van der Waals surface area contributed by atoms with Gasteiger partial charge in [0.1, 0.15) is 0 Å². The number of aromatic nitrogens is 1. The molecule has 1 aromatic heterocycles. The third kappa shape index (κ3) is 3.32. The lowest BCUT2D eigenvalue weighted by Crippen LogP contribution is -1.87. The molecule has 0 fully saturated rings. The van der Waals surface area contributed by atoms with Crippen molar-refractivity contribution >= 4 is 19.2 Å². The second-order valence-electron chi connectivity index (χ2n) is 2.33. The summed E-state index contributed by atoms with van der Waals surface area (Å²) in [6, 6.07) is 1.48. The highest BCUT2D eigenvalue weighted by atomic mass is 35.5. The summed E-state index contributed by atoms with van der Waals surface area (Å²) >= 11 is 5.56. The normalized spacial score (nSPS) is 11.6. The van der Waals surface area contributed by atoms with Crippen LogP contribution in [0.25, 0.3) is 0 Å². The maximum Gasteiger partial charge on any atom is 0.329 e. The fraction of sp³-hybridized carbons (Fsp3) is 0.167. The molecule has 6 heteroatoms. The van der Waals surface area contributed by atoms with Gasteiger partial charge in [-0.1, -0.05) is 11.6 Å². The van der Waals surface area contributed by atoms with Gasteiger partial charge in [0, 0.05) is 12.4 Å². The smallest absolute Gasteiger partial charge is 0.324 e. The van der Waals surface area contributed by atoms with E-state index in [1.54, 1.807) is 0 Å². The largest absolute Gasteiger partial charge is 0.329 e. The standard InChI is InChI=1S/C6H7ClNO3P/c7-6-1-5(2-8-3-6)4-12(9,10)11/h1-3H,4H2,(H2,9,10,11). The van der Waals surface area contributed by atoms with Crippen molar-refractivity contribution < 1.29 is 14.4 Å². The Morgan fingerprint density at radius 2 is 2.17 bits per heavy atom. The molecule has 2 N–H and O–H groups in total. The van der Waals surface area contributed by atoms with Crippen LogP contribution < -0.4 is 0 Å². The second kappa shape index (κ2) is 3.54. The van der Waals surface area contributed by atoms with Crippen LogP contribution in [0.5, 0.6) is 0 Å². The van der Waals surface area contributed by atoms with Crippen LogP contribution in [0, 0.1) is 0 Å². The van der Waals surface area contributed by atoms with E-state index in [2.05, 4.69) is 4.98 Å². The van der Waals surface area contributed by atoms with E-state index in [9.17, 15) is 4.57 Å². The maximum atomic E-state index is 10.5. The van der Waals surface area contributed by atoms with Crippen molar-refractivity contribution in [2.45, 2.75) is 6.16 Å². The zero-order valence-electron chi connectivity index (χ0n) is 6.01. The van der Waals surface area contributed by atoms with Gasteiger partial charge in [0.25, 0.3) is 0 Å². The van der Waals surface area contributed by atoms with Gasteiger partial charge in [-0.25, -0.2) is 0 Å². The van der Waals surface area contributed by atoms with Gasteiger partial charge in [-0.3, -0.25) is 9.55 Å². The number of hydrogen-bond donors (Lipinski definition) is 2. The lowest BCUT2D eigenvalue weighted by molar-refractivity contribution is 0.371. The van der Waals surface area contributed by atoms with Gasteiger partial charge in [-0.2, -0.15) is 0 Å². The highest BCUT2D eigenvalue weighted by Crippen LogP contribution is 2.38. The van der Waals surface area contributed by atoms with Gasteiger partial charge < -0.3 is 9.79 Å². The van der Waals surface area contributed by atoms with Gasteiger partial charge >= 0.3 is 7.60 Å². The Hall–Kier alpha value is -0.410. The van der Waals surface area contributed by atoms with Crippen molar-refractivity contribution in [2.75, 3.05) is 0 Å². The van der Waals surface area contributed by atoms with Gasteiger partial charge in [-0.15, -0.1) is 0 Å². The molecular weight excluding hydrogens is 200 g/mol. The number of nitrogens with zero attached hydrogens (tertiary/aromatic N) is 1. The summed E-state index contributed by atoms with van der Waals surface area (Å²) in [4.78, 5) is 20.9. The van der Waals surface area contributed by atoms with Crippen LogP contribution in [-0.4, -0.2) is 14.8 Å². The second-order valence-corrected chi connectivity index (χ2v) is 4.42. The first-order chi connectivity index (χ1) is 5.47. The van der Waals surface area contributed by atoms with Crippen LogP contribution in [0.15, 0.2) is 18.5 Å². The van der Waals surface area contributed by atoms with Crippen LogP contribution in [-0.2, 0) is 10.7 Å². The van der Waals surface area contributed by atoms with Crippen molar-refractivity contribution in [3.8, 4) is 0 Å². The van der Waals surface area contributed by atoms with Crippen molar-refractivity contribution in [2.24, 2.45) is 0 Å². The Morgan fingerprint density at radius 1 is 1.50 bits per heavy atom. The molecule has 0 bridgehead atoms. The van der Waals surface area contributed by atoms with E-state index >= 15 is 0 Å². The van der Waals surface area contributed by atoms with Crippen LogP contribution in [0.4, 0.5) is 0 Å². The lowest BCUT2D eigenvalue weighted by Gasteiger charge is -2.02. The molecule has 4 nitrogen and oxygen atoms in total. The molecular formula is C6H7ClNO3P. The van der Waals surface area contributed by atoms with Gasteiger partial charge in [-0.05, 0) is 11.6 Å². The summed E-state index contributed by atoms with van der Waals surface area (Å²) < 4.78 is 10.5. The van der Waals surface area contributed by atoms with E-state index in [1.807, 2.05) is 0 Å². The van der Waals surface area contributed by atoms with E-state index in [-0.39, 0.29) is 6.16 Å². The predicted octanol–water partition coefficient (Wildman–Crippen LogP) is 1.41. The molecule has 0 aromatic carbocycles. The molecule has 0 radical (unpaired) electrons. The minimum absolute atomic E-state index is 0.319. The molecule has 0 saturated carbocycles. The quantitative estimate of drug-likeness (QED) is 0.720. The average molecular weight is 208 g/mol. The van der Waals surface area contributed by atoms with Crippen molar-refractivity contribution in [1.29, 1.82) is 0 Å². The first kappa shape index (κ1) is 9.68. The average Bonchev–Trinajstić information content (AvgIpc) is 1.82. The predicted molar refractivity (Wildman–Crippen MR) is 45.0 cm³/mol. The molecule has 12 heavy (non-hydrogen) atoms. The summed E-state index contributed by atoms with van der Waals surface area (Å²) in [7, 11) is -4.01.